The van der Waals surface area contributed by atoms with Crippen LogP contribution in [0.4, 0.5) is 10.5 Å². The van der Waals surface area contributed by atoms with E-state index < -0.39 is 0 Å². The first-order chi connectivity index (χ1) is 14.0. The first-order valence-electron chi connectivity index (χ1n) is 9.11. The van der Waals surface area contributed by atoms with Gasteiger partial charge in [0, 0.05) is 29.6 Å². The highest BCUT2D eigenvalue weighted by molar-refractivity contribution is 6.35. The number of anilines is 1. The van der Waals surface area contributed by atoms with Crippen LogP contribution in [-0.4, -0.2) is 34.2 Å². The fourth-order valence-electron chi connectivity index (χ4n) is 3.27. The van der Waals surface area contributed by atoms with E-state index in [-0.39, 0.29) is 11.9 Å². The summed E-state index contributed by atoms with van der Waals surface area (Å²) in [6, 6.07) is 12.1. The third kappa shape index (κ3) is 4.50. The summed E-state index contributed by atoms with van der Waals surface area (Å²) in [5.41, 5.74) is 1.23. The number of amides is 2. The lowest BCUT2D eigenvalue weighted by atomic mass is 9.97. The number of nitrogens with zero attached hydrogens (tertiary/aromatic N) is 3. The average molecular weight is 452 g/mol. The maximum Gasteiger partial charge on any atom is 0.321 e. The number of carbonyl (C=O) groups excluding carboxylic acids is 1. The molecule has 0 unspecified atom stereocenters. The number of aromatic nitrogens is 2. The van der Waals surface area contributed by atoms with Gasteiger partial charge in [-0.15, -0.1) is 0 Å². The molecule has 6 nitrogen and oxygen atoms in total. The monoisotopic (exact) mass is 450 g/mol. The van der Waals surface area contributed by atoms with E-state index >= 15 is 0 Å². The van der Waals surface area contributed by atoms with Crippen molar-refractivity contribution >= 4 is 46.5 Å². The van der Waals surface area contributed by atoms with Gasteiger partial charge in [0.2, 0.25) is 11.7 Å². The molecule has 0 spiro atoms. The summed E-state index contributed by atoms with van der Waals surface area (Å²) >= 11 is 18.3. The third-order valence-corrected chi connectivity index (χ3v) is 5.75. The minimum absolute atomic E-state index is 0.0949. The molecule has 2 amide bonds. The zero-order valence-corrected chi connectivity index (χ0v) is 17.5. The number of halogens is 3. The van der Waals surface area contributed by atoms with Crippen LogP contribution in [0.15, 0.2) is 47.0 Å². The van der Waals surface area contributed by atoms with Gasteiger partial charge in [0.1, 0.15) is 0 Å². The van der Waals surface area contributed by atoms with E-state index in [9.17, 15) is 4.79 Å². The first-order valence-corrected chi connectivity index (χ1v) is 10.2. The van der Waals surface area contributed by atoms with Crippen molar-refractivity contribution < 1.29 is 9.32 Å². The third-order valence-electron chi connectivity index (χ3n) is 4.86. The van der Waals surface area contributed by atoms with Crippen molar-refractivity contribution in [1.29, 1.82) is 0 Å². The number of carbonyl (C=O) groups is 1. The zero-order chi connectivity index (χ0) is 20.4. The lowest BCUT2D eigenvalue weighted by Crippen LogP contribution is -2.40. The second-order valence-corrected chi connectivity index (χ2v) is 8.00. The summed E-state index contributed by atoms with van der Waals surface area (Å²) in [5.74, 6) is 1.14. The van der Waals surface area contributed by atoms with E-state index in [1.54, 1.807) is 29.2 Å². The van der Waals surface area contributed by atoms with E-state index in [1.165, 1.54) is 0 Å². The fraction of sp³-hybridized carbons (Fsp3) is 0.250. The van der Waals surface area contributed by atoms with Crippen LogP contribution in [0.5, 0.6) is 0 Å². The second-order valence-electron chi connectivity index (χ2n) is 6.75. The van der Waals surface area contributed by atoms with Gasteiger partial charge in [0.15, 0.2) is 0 Å². The average Bonchev–Trinajstić information content (AvgIpc) is 3.21. The van der Waals surface area contributed by atoms with Gasteiger partial charge < -0.3 is 14.7 Å². The quantitative estimate of drug-likeness (QED) is 0.521. The number of hydrogen-bond acceptors (Lipinski definition) is 4. The predicted octanol–water partition coefficient (Wildman–Crippen LogP) is 6.11. The van der Waals surface area contributed by atoms with Gasteiger partial charge in [-0.3, -0.25) is 0 Å². The molecule has 0 radical (unpaired) electrons. The molecule has 1 fully saturated rings. The second kappa shape index (κ2) is 8.61. The molecule has 9 heteroatoms. The Morgan fingerprint density at radius 1 is 1.07 bits per heavy atom. The van der Waals surface area contributed by atoms with Crippen LogP contribution in [0.3, 0.4) is 0 Å². The van der Waals surface area contributed by atoms with Crippen LogP contribution in [0.2, 0.25) is 15.1 Å². The SMILES string of the molecule is O=C(Nc1cc(Cl)ccc1Cl)N1CCC(c2nc(-c3ccccc3Cl)no2)CC1. The highest BCUT2D eigenvalue weighted by atomic mass is 35.5. The van der Waals surface area contributed by atoms with Gasteiger partial charge in [-0.05, 0) is 43.2 Å². The molecular weight excluding hydrogens is 435 g/mol. The summed E-state index contributed by atoms with van der Waals surface area (Å²) in [5, 5.41) is 8.40. The number of piperidine rings is 1. The van der Waals surface area contributed by atoms with Gasteiger partial charge in [-0.2, -0.15) is 4.98 Å². The topological polar surface area (TPSA) is 71.3 Å². The lowest BCUT2D eigenvalue weighted by molar-refractivity contribution is 0.187. The molecule has 1 aromatic heterocycles. The van der Waals surface area contributed by atoms with Gasteiger partial charge in [0.25, 0.3) is 0 Å². The summed E-state index contributed by atoms with van der Waals surface area (Å²) in [6.45, 7) is 1.14. The van der Waals surface area contributed by atoms with Crippen molar-refractivity contribution in [3.05, 3.63) is 63.4 Å². The lowest BCUT2D eigenvalue weighted by Gasteiger charge is -2.30. The predicted molar refractivity (Wildman–Crippen MR) is 114 cm³/mol. The Kier molecular flexibility index (Phi) is 5.94. The molecular formula is C20H17Cl3N4O2. The maximum absolute atomic E-state index is 12.5. The summed E-state index contributed by atoms with van der Waals surface area (Å²) < 4.78 is 5.46. The molecule has 0 atom stereocenters. The smallest absolute Gasteiger partial charge is 0.321 e. The van der Waals surface area contributed by atoms with Gasteiger partial charge >= 0.3 is 6.03 Å². The van der Waals surface area contributed by atoms with Crippen molar-refractivity contribution in [1.82, 2.24) is 15.0 Å². The fourth-order valence-corrected chi connectivity index (χ4v) is 3.83. The minimum Gasteiger partial charge on any atom is -0.339 e. The first kappa shape index (κ1) is 20.0. The van der Waals surface area contributed by atoms with E-state index in [0.29, 0.717) is 45.6 Å². The maximum atomic E-state index is 12.5. The highest BCUT2D eigenvalue weighted by Gasteiger charge is 2.28. The molecule has 29 heavy (non-hydrogen) atoms. The number of likely N-dealkylation sites (tertiary alicyclic amines) is 1. The van der Waals surface area contributed by atoms with Crippen molar-refractivity contribution in [3.8, 4) is 11.4 Å². The molecule has 3 aromatic rings. The van der Waals surface area contributed by atoms with Gasteiger partial charge in [0.05, 0.1) is 15.7 Å². The summed E-state index contributed by atoms with van der Waals surface area (Å²) in [7, 11) is 0. The Hall–Kier alpha value is -2.28. The Balaban J connectivity index is 1.38. The minimum atomic E-state index is -0.213. The molecule has 2 heterocycles. The van der Waals surface area contributed by atoms with E-state index in [4.69, 9.17) is 39.3 Å². The molecule has 1 aliphatic rings. The highest BCUT2D eigenvalue weighted by Crippen LogP contribution is 2.31. The molecule has 0 aliphatic carbocycles. The zero-order valence-electron chi connectivity index (χ0n) is 15.2. The van der Waals surface area contributed by atoms with Crippen molar-refractivity contribution in [2.45, 2.75) is 18.8 Å². The Morgan fingerprint density at radius 2 is 1.83 bits per heavy atom. The van der Waals surface area contributed by atoms with E-state index in [0.717, 1.165) is 18.4 Å². The number of nitrogens with one attached hydrogen (secondary N) is 1. The molecule has 2 aromatic carbocycles. The molecule has 0 saturated carbocycles. The van der Waals surface area contributed by atoms with E-state index in [2.05, 4.69) is 15.5 Å². The largest absolute Gasteiger partial charge is 0.339 e. The van der Waals surface area contributed by atoms with Gasteiger partial charge in [-0.25, -0.2) is 4.79 Å². The number of benzene rings is 2. The van der Waals surface area contributed by atoms with Crippen molar-refractivity contribution in [2.24, 2.45) is 0 Å². The molecule has 150 valence electrons. The number of hydrogen-bond donors (Lipinski definition) is 1. The molecule has 1 N–H and O–H groups in total. The molecule has 4 rings (SSSR count). The van der Waals surface area contributed by atoms with Crippen molar-refractivity contribution in [2.75, 3.05) is 18.4 Å². The number of urea groups is 1. The normalized spacial score (nSPS) is 14.8. The molecule has 1 saturated heterocycles. The summed E-state index contributed by atoms with van der Waals surface area (Å²) in [4.78, 5) is 18.8. The Bertz CT molecular complexity index is 1030. The molecule has 0 bridgehead atoms. The molecule has 1 aliphatic heterocycles. The van der Waals surface area contributed by atoms with Crippen LogP contribution in [-0.2, 0) is 0 Å². The van der Waals surface area contributed by atoms with E-state index in [1.807, 2.05) is 18.2 Å². The Morgan fingerprint density at radius 3 is 2.59 bits per heavy atom. The van der Waals surface area contributed by atoms with Crippen LogP contribution < -0.4 is 5.32 Å². The van der Waals surface area contributed by atoms with Crippen LogP contribution in [0, 0.1) is 0 Å². The van der Waals surface area contributed by atoms with Gasteiger partial charge in [-0.1, -0.05) is 52.1 Å². The van der Waals surface area contributed by atoms with Crippen LogP contribution in [0.1, 0.15) is 24.7 Å². The van der Waals surface area contributed by atoms with Crippen molar-refractivity contribution in [3.63, 3.8) is 0 Å². The number of rotatable bonds is 3. The summed E-state index contributed by atoms with van der Waals surface area (Å²) in [6.07, 6.45) is 1.45. The van der Waals surface area contributed by atoms with Crippen LogP contribution in [0.25, 0.3) is 11.4 Å². The van der Waals surface area contributed by atoms with Crippen LogP contribution >= 0.6 is 34.8 Å². The Labute approximate surface area is 182 Å². The standard InChI is InChI=1S/C20H17Cl3N4O2/c21-13-5-6-16(23)17(11-13)24-20(28)27-9-7-12(8-10-27)19-25-18(26-29-19)14-3-1-2-4-15(14)22/h1-6,11-12H,7-10H2,(H,24,28).